The molecule has 0 bridgehead atoms. The number of nitrogens with one attached hydrogen (secondary N) is 1. The largest absolute Gasteiger partial charge is 0.403 e. The van der Waals surface area contributed by atoms with Crippen LogP contribution in [0.25, 0.3) is 0 Å². The Kier molecular flexibility index (Phi) is 3.62. The van der Waals surface area contributed by atoms with Crippen molar-refractivity contribution in [3.05, 3.63) is 12.2 Å². The van der Waals surface area contributed by atoms with E-state index in [4.69, 9.17) is 0 Å². The number of aryl methyl sites for hydroxylation is 1. The molecule has 2 rings (SSSR count). The summed E-state index contributed by atoms with van der Waals surface area (Å²) in [7, 11) is 0. The van der Waals surface area contributed by atoms with Crippen molar-refractivity contribution in [3.63, 3.8) is 0 Å². The maximum atomic E-state index is 13.3. The third-order valence-electron chi connectivity index (χ3n) is 3.39. The summed E-state index contributed by atoms with van der Waals surface area (Å²) in [6.45, 7) is 2.01. The molecule has 0 aliphatic carbocycles. The number of Topliss-reactive ketones (excluding diaryl/α,β-unsaturated/α-hetero) is 1. The van der Waals surface area contributed by atoms with Gasteiger partial charge in [0.15, 0.2) is 5.82 Å². The van der Waals surface area contributed by atoms with Crippen molar-refractivity contribution in [2.45, 2.75) is 32.5 Å². The van der Waals surface area contributed by atoms with Crippen molar-refractivity contribution in [3.8, 4) is 0 Å². The molecule has 1 aromatic rings. The lowest BCUT2D eigenvalue weighted by Crippen LogP contribution is -2.47. The third kappa shape index (κ3) is 2.24. The number of hydrogen-bond donors (Lipinski definition) is 1. The van der Waals surface area contributed by atoms with Crippen LogP contribution in [0.4, 0.5) is 13.2 Å². The molecule has 0 aromatic carbocycles. The summed E-state index contributed by atoms with van der Waals surface area (Å²) in [4.78, 5) is 16.0. The molecule has 1 saturated heterocycles. The van der Waals surface area contributed by atoms with Crippen LogP contribution in [0, 0.1) is 5.41 Å². The highest BCUT2D eigenvalue weighted by atomic mass is 19.4. The number of hydrogen-bond acceptors (Lipinski definition) is 4. The van der Waals surface area contributed by atoms with Crippen molar-refractivity contribution >= 4 is 5.78 Å². The molecule has 1 atom stereocenters. The van der Waals surface area contributed by atoms with Gasteiger partial charge < -0.3 is 5.32 Å². The summed E-state index contributed by atoms with van der Waals surface area (Å²) in [6.07, 6.45) is -3.05. The highest BCUT2D eigenvalue weighted by Crippen LogP contribution is 2.45. The Morgan fingerprint density at radius 1 is 1.58 bits per heavy atom. The van der Waals surface area contributed by atoms with E-state index in [1.165, 1.54) is 4.68 Å². The second-order valence-corrected chi connectivity index (χ2v) is 4.64. The number of carbonyl (C=O) groups excluding carboxylic acids is 1. The van der Waals surface area contributed by atoms with Crippen LogP contribution >= 0.6 is 0 Å². The maximum Gasteiger partial charge on any atom is 0.403 e. The van der Waals surface area contributed by atoms with Crippen molar-refractivity contribution in [2.75, 3.05) is 13.1 Å². The summed E-state index contributed by atoms with van der Waals surface area (Å²) >= 11 is 0. The zero-order valence-corrected chi connectivity index (χ0v) is 10.5. The predicted molar refractivity (Wildman–Crippen MR) is 60.6 cm³/mol. The average Bonchev–Trinajstić information content (AvgIpc) is 2.96. The molecule has 8 heteroatoms. The first-order valence-electron chi connectivity index (χ1n) is 6.12. The van der Waals surface area contributed by atoms with Crippen molar-refractivity contribution in [1.29, 1.82) is 0 Å². The minimum atomic E-state index is -4.59. The lowest BCUT2D eigenvalue weighted by molar-refractivity contribution is -0.197. The Labute approximate surface area is 108 Å². The highest BCUT2D eigenvalue weighted by molar-refractivity contribution is 5.98. The van der Waals surface area contributed by atoms with E-state index in [-0.39, 0.29) is 18.8 Å². The summed E-state index contributed by atoms with van der Waals surface area (Å²) in [6, 6.07) is 0. The molecular weight excluding hydrogens is 261 g/mol. The summed E-state index contributed by atoms with van der Waals surface area (Å²) in [5, 5.41) is 6.42. The number of carbonyl (C=O) groups is 1. The third-order valence-corrected chi connectivity index (χ3v) is 3.39. The van der Waals surface area contributed by atoms with E-state index in [2.05, 4.69) is 15.4 Å². The molecule has 0 spiro atoms. The molecule has 5 nitrogen and oxygen atoms in total. The summed E-state index contributed by atoms with van der Waals surface area (Å²) in [5.74, 6) is -1.20. The molecule has 1 aromatic heterocycles. The van der Waals surface area contributed by atoms with Gasteiger partial charge in [-0.05, 0) is 19.4 Å². The van der Waals surface area contributed by atoms with Crippen LogP contribution in [-0.4, -0.2) is 39.8 Å². The van der Waals surface area contributed by atoms with Gasteiger partial charge in [-0.1, -0.05) is 6.92 Å². The normalized spacial score (nSPS) is 23.8. The number of aromatic nitrogens is 3. The van der Waals surface area contributed by atoms with E-state index in [1.54, 1.807) is 0 Å². The number of ketones is 1. The fourth-order valence-corrected chi connectivity index (χ4v) is 2.29. The molecular formula is C11H15F3N4O. The monoisotopic (exact) mass is 276 g/mol. The number of nitrogens with zero attached hydrogens (tertiary/aromatic N) is 3. The lowest BCUT2D eigenvalue weighted by Gasteiger charge is -2.28. The molecule has 0 amide bonds. The fraction of sp³-hybridized carbons (Fsp3) is 0.727. The van der Waals surface area contributed by atoms with Gasteiger partial charge in [-0.15, -0.1) is 0 Å². The minimum absolute atomic E-state index is 0.174. The van der Waals surface area contributed by atoms with Gasteiger partial charge >= 0.3 is 6.18 Å². The maximum absolute atomic E-state index is 13.3. The zero-order chi connectivity index (χ0) is 14.1. The van der Waals surface area contributed by atoms with Crippen LogP contribution in [0.2, 0.25) is 0 Å². The predicted octanol–water partition coefficient (Wildman–Crippen LogP) is 1.41. The molecule has 1 fully saturated rings. The van der Waals surface area contributed by atoms with E-state index < -0.39 is 23.9 Å². The number of halogens is 3. The fourth-order valence-electron chi connectivity index (χ4n) is 2.29. The van der Waals surface area contributed by atoms with Crippen LogP contribution in [0.5, 0.6) is 0 Å². The van der Waals surface area contributed by atoms with Gasteiger partial charge in [-0.2, -0.15) is 18.3 Å². The number of alkyl halides is 3. The van der Waals surface area contributed by atoms with Gasteiger partial charge in [0.2, 0.25) is 5.78 Å². The zero-order valence-electron chi connectivity index (χ0n) is 10.5. The standard InChI is InChI=1S/C11H15F3N4O/c1-2-5-18-9(16-7-17-18)8(19)10(11(12,13)14)3-4-15-6-10/h7,15H,2-6H2,1H3. The van der Waals surface area contributed by atoms with E-state index in [9.17, 15) is 18.0 Å². The van der Waals surface area contributed by atoms with Gasteiger partial charge in [0.25, 0.3) is 0 Å². The van der Waals surface area contributed by atoms with Crippen LogP contribution in [0.15, 0.2) is 6.33 Å². The molecule has 1 aliphatic rings. The molecule has 1 aliphatic heterocycles. The smallest absolute Gasteiger partial charge is 0.315 e. The van der Waals surface area contributed by atoms with Gasteiger partial charge in [0, 0.05) is 13.1 Å². The van der Waals surface area contributed by atoms with E-state index in [0.29, 0.717) is 13.0 Å². The van der Waals surface area contributed by atoms with E-state index in [1.807, 2.05) is 6.92 Å². The van der Waals surface area contributed by atoms with Crippen molar-refractivity contribution in [1.82, 2.24) is 20.1 Å². The van der Waals surface area contributed by atoms with Crippen molar-refractivity contribution < 1.29 is 18.0 Å². The molecule has 1 unspecified atom stereocenters. The SMILES string of the molecule is CCCn1ncnc1C(=O)C1(C(F)(F)F)CCNC1. The van der Waals surface area contributed by atoms with Gasteiger partial charge in [0.05, 0.1) is 0 Å². The Morgan fingerprint density at radius 2 is 2.32 bits per heavy atom. The molecule has 2 heterocycles. The molecule has 0 saturated carbocycles. The second kappa shape index (κ2) is 4.92. The van der Waals surface area contributed by atoms with Crippen LogP contribution in [0.3, 0.4) is 0 Å². The Morgan fingerprint density at radius 3 is 2.84 bits per heavy atom. The molecule has 1 N–H and O–H groups in total. The van der Waals surface area contributed by atoms with Crippen LogP contribution in [-0.2, 0) is 6.54 Å². The van der Waals surface area contributed by atoms with E-state index in [0.717, 1.165) is 6.33 Å². The van der Waals surface area contributed by atoms with Gasteiger partial charge in [0.1, 0.15) is 11.7 Å². The van der Waals surface area contributed by atoms with Crippen LogP contribution in [0.1, 0.15) is 30.4 Å². The first-order valence-corrected chi connectivity index (χ1v) is 6.12. The Hall–Kier alpha value is -1.44. The lowest BCUT2D eigenvalue weighted by atomic mass is 9.81. The highest BCUT2D eigenvalue weighted by Gasteiger charge is 2.62. The van der Waals surface area contributed by atoms with Crippen LogP contribution < -0.4 is 5.32 Å². The van der Waals surface area contributed by atoms with Crippen molar-refractivity contribution in [2.24, 2.45) is 5.41 Å². The van der Waals surface area contributed by atoms with Gasteiger partial charge in [-0.3, -0.25) is 4.79 Å². The average molecular weight is 276 g/mol. The Balaban J connectivity index is 2.38. The molecule has 0 radical (unpaired) electrons. The second-order valence-electron chi connectivity index (χ2n) is 4.64. The quantitative estimate of drug-likeness (QED) is 0.845. The first kappa shape index (κ1) is 14.0. The minimum Gasteiger partial charge on any atom is -0.315 e. The topological polar surface area (TPSA) is 59.8 Å². The Bertz CT molecular complexity index is 463. The van der Waals surface area contributed by atoms with E-state index >= 15 is 0 Å². The molecule has 19 heavy (non-hydrogen) atoms. The van der Waals surface area contributed by atoms with Gasteiger partial charge in [-0.25, -0.2) is 9.67 Å². The molecule has 106 valence electrons. The summed E-state index contributed by atoms with van der Waals surface area (Å²) < 4.78 is 41.0. The number of rotatable bonds is 4. The summed E-state index contributed by atoms with van der Waals surface area (Å²) in [5.41, 5.74) is -2.37. The first-order chi connectivity index (χ1) is 8.92.